The summed E-state index contributed by atoms with van der Waals surface area (Å²) in [5.74, 6) is 0.175. The van der Waals surface area contributed by atoms with Crippen molar-refractivity contribution in [1.82, 2.24) is 0 Å². The third kappa shape index (κ3) is 4.39. The largest absolute Gasteiger partial charge is 0.462 e. The number of carbonyl (C=O) groups is 1. The van der Waals surface area contributed by atoms with Crippen LogP contribution in [-0.4, -0.2) is 18.5 Å². The van der Waals surface area contributed by atoms with Crippen LogP contribution in [0.3, 0.4) is 0 Å². The Morgan fingerprint density at radius 2 is 2.30 bits per heavy atom. The minimum atomic E-state index is -0.342. The molecular weight excluding hydrogens is 152 g/mol. The average molecular weight is 163 g/mol. The van der Waals surface area contributed by atoms with Gasteiger partial charge in [0.05, 0.1) is 6.61 Å². The van der Waals surface area contributed by atoms with Gasteiger partial charge in [-0.25, -0.2) is 4.79 Å². The van der Waals surface area contributed by atoms with Crippen LogP contribution in [0.4, 0.5) is 0 Å². The second-order valence-corrected chi connectivity index (χ2v) is 2.34. The summed E-state index contributed by atoms with van der Waals surface area (Å²) in [6.07, 6.45) is 0.695. The van der Waals surface area contributed by atoms with E-state index >= 15 is 0 Å². The molecule has 0 aromatic rings. The molecule has 0 aliphatic heterocycles. The van der Waals surface area contributed by atoms with Crippen LogP contribution < -0.4 is 0 Å². The molecule has 3 heteroatoms. The van der Waals surface area contributed by atoms with E-state index in [-0.39, 0.29) is 5.97 Å². The van der Waals surface area contributed by atoms with Crippen molar-refractivity contribution in [1.29, 1.82) is 0 Å². The molecule has 0 rings (SSSR count). The van der Waals surface area contributed by atoms with Gasteiger partial charge in [0.1, 0.15) is 0 Å². The van der Waals surface area contributed by atoms with Crippen LogP contribution in [0.2, 0.25) is 0 Å². The normalized spacial score (nSPS) is 9.00. The van der Waals surface area contributed by atoms with E-state index in [0.717, 1.165) is 0 Å². The Morgan fingerprint density at radius 1 is 1.70 bits per heavy atom. The smallest absolute Gasteiger partial charge is 0.333 e. The zero-order valence-electron chi connectivity index (χ0n) is 6.02. The summed E-state index contributed by atoms with van der Waals surface area (Å²) in [5.41, 5.74) is 0.426. The van der Waals surface area contributed by atoms with Gasteiger partial charge in [-0.3, -0.25) is 0 Å². The molecule has 0 unspecified atom stereocenters. The highest BCUT2D eigenvalue weighted by molar-refractivity contribution is 6.17. The molecule has 2 nitrogen and oxygen atoms in total. The number of esters is 1. The predicted molar refractivity (Wildman–Crippen MR) is 41.1 cm³/mol. The standard InChI is InChI=1S/C7H11ClO2/c1-6(2)7(9)10-5-3-4-8/h1,3-5H2,2H3. The van der Waals surface area contributed by atoms with Crippen molar-refractivity contribution in [2.24, 2.45) is 0 Å². The van der Waals surface area contributed by atoms with Gasteiger partial charge < -0.3 is 4.74 Å². The van der Waals surface area contributed by atoms with Gasteiger partial charge in [0, 0.05) is 11.5 Å². The monoisotopic (exact) mass is 162 g/mol. The van der Waals surface area contributed by atoms with E-state index in [4.69, 9.17) is 16.3 Å². The molecular formula is C7H11ClO2. The molecule has 0 aromatic carbocycles. The van der Waals surface area contributed by atoms with E-state index < -0.39 is 0 Å². The second-order valence-electron chi connectivity index (χ2n) is 1.96. The van der Waals surface area contributed by atoms with E-state index in [2.05, 4.69) is 6.58 Å². The van der Waals surface area contributed by atoms with Crippen molar-refractivity contribution in [3.63, 3.8) is 0 Å². The summed E-state index contributed by atoms with van der Waals surface area (Å²) in [7, 11) is 0. The van der Waals surface area contributed by atoms with Crippen molar-refractivity contribution in [3.05, 3.63) is 12.2 Å². The Labute approximate surface area is 65.8 Å². The minimum absolute atomic E-state index is 0.342. The van der Waals surface area contributed by atoms with Gasteiger partial charge in [-0.1, -0.05) is 6.58 Å². The summed E-state index contributed by atoms with van der Waals surface area (Å²) in [5, 5.41) is 0. The number of hydrogen-bond acceptors (Lipinski definition) is 2. The second kappa shape index (κ2) is 5.30. The number of rotatable bonds is 4. The Morgan fingerprint density at radius 3 is 2.70 bits per heavy atom. The number of hydrogen-bond donors (Lipinski definition) is 0. The first-order valence-electron chi connectivity index (χ1n) is 3.07. The van der Waals surface area contributed by atoms with Crippen LogP contribution >= 0.6 is 11.6 Å². The lowest BCUT2D eigenvalue weighted by atomic mass is 10.4. The van der Waals surface area contributed by atoms with Crippen LogP contribution in [0.25, 0.3) is 0 Å². The molecule has 0 heterocycles. The third-order valence-electron chi connectivity index (χ3n) is 0.860. The highest BCUT2D eigenvalue weighted by Gasteiger charge is 2.00. The van der Waals surface area contributed by atoms with Crippen molar-refractivity contribution in [3.8, 4) is 0 Å². The van der Waals surface area contributed by atoms with Gasteiger partial charge in [-0.2, -0.15) is 0 Å². The van der Waals surface area contributed by atoms with Crippen molar-refractivity contribution in [2.75, 3.05) is 12.5 Å². The topological polar surface area (TPSA) is 26.3 Å². The third-order valence-corrected chi connectivity index (χ3v) is 1.13. The number of ether oxygens (including phenoxy) is 1. The Balaban J connectivity index is 3.31. The molecule has 58 valence electrons. The fourth-order valence-corrected chi connectivity index (χ4v) is 0.452. The van der Waals surface area contributed by atoms with E-state index in [9.17, 15) is 4.79 Å². The van der Waals surface area contributed by atoms with Crippen molar-refractivity contribution >= 4 is 17.6 Å². The molecule has 0 aromatic heterocycles. The molecule has 10 heavy (non-hydrogen) atoms. The highest BCUT2D eigenvalue weighted by atomic mass is 35.5. The zero-order valence-corrected chi connectivity index (χ0v) is 6.78. The summed E-state index contributed by atoms with van der Waals surface area (Å²) < 4.78 is 4.72. The van der Waals surface area contributed by atoms with Crippen LogP contribution in [0.1, 0.15) is 13.3 Å². The first kappa shape index (κ1) is 9.50. The van der Waals surface area contributed by atoms with E-state index in [1.54, 1.807) is 6.92 Å². The molecule has 0 bridgehead atoms. The maximum atomic E-state index is 10.7. The maximum Gasteiger partial charge on any atom is 0.333 e. The van der Waals surface area contributed by atoms with E-state index in [1.165, 1.54) is 0 Å². The van der Waals surface area contributed by atoms with Crippen LogP contribution in [0, 0.1) is 0 Å². The average Bonchev–Trinajstić information content (AvgIpc) is 1.88. The van der Waals surface area contributed by atoms with Gasteiger partial charge >= 0.3 is 5.97 Å². The van der Waals surface area contributed by atoms with Gasteiger partial charge in [-0.05, 0) is 13.3 Å². The minimum Gasteiger partial charge on any atom is -0.462 e. The molecule has 0 radical (unpaired) electrons. The van der Waals surface area contributed by atoms with Crippen LogP contribution in [-0.2, 0) is 9.53 Å². The highest BCUT2D eigenvalue weighted by Crippen LogP contribution is 1.93. The number of alkyl halides is 1. The fraction of sp³-hybridized carbons (Fsp3) is 0.571. The Bertz CT molecular complexity index is 132. The number of halogens is 1. The van der Waals surface area contributed by atoms with Crippen LogP contribution in [0.5, 0.6) is 0 Å². The molecule has 0 fully saturated rings. The van der Waals surface area contributed by atoms with Crippen LogP contribution in [0.15, 0.2) is 12.2 Å². The van der Waals surface area contributed by atoms with Gasteiger partial charge in [0.15, 0.2) is 0 Å². The molecule has 0 spiro atoms. The quantitative estimate of drug-likeness (QED) is 0.272. The van der Waals surface area contributed by atoms with Gasteiger partial charge in [0.25, 0.3) is 0 Å². The van der Waals surface area contributed by atoms with Gasteiger partial charge in [-0.15, -0.1) is 11.6 Å². The predicted octanol–water partition coefficient (Wildman–Crippen LogP) is 1.73. The van der Waals surface area contributed by atoms with E-state index in [1.807, 2.05) is 0 Å². The molecule has 0 atom stereocenters. The lowest BCUT2D eigenvalue weighted by Crippen LogP contribution is -2.06. The SMILES string of the molecule is C=C(C)C(=O)OCCCCl. The first-order chi connectivity index (χ1) is 4.68. The Hall–Kier alpha value is -0.500. The lowest BCUT2D eigenvalue weighted by Gasteiger charge is -2.00. The molecule has 0 N–H and O–H groups in total. The summed E-state index contributed by atoms with van der Waals surface area (Å²) in [6.45, 7) is 5.42. The van der Waals surface area contributed by atoms with Crippen molar-refractivity contribution in [2.45, 2.75) is 13.3 Å². The molecule has 0 saturated carbocycles. The zero-order chi connectivity index (χ0) is 7.98. The maximum absolute atomic E-state index is 10.7. The van der Waals surface area contributed by atoms with E-state index in [0.29, 0.717) is 24.5 Å². The summed E-state index contributed by atoms with van der Waals surface area (Å²) in [4.78, 5) is 10.7. The molecule has 0 aliphatic rings. The Kier molecular flexibility index (Phi) is 5.03. The number of carbonyl (C=O) groups excluding carboxylic acids is 1. The fourth-order valence-electron chi connectivity index (χ4n) is 0.343. The lowest BCUT2D eigenvalue weighted by molar-refractivity contribution is -0.138. The summed E-state index contributed by atoms with van der Waals surface area (Å²) >= 11 is 5.35. The molecule has 0 amide bonds. The van der Waals surface area contributed by atoms with Crippen molar-refractivity contribution < 1.29 is 9.53 Å². The first-order valence-corrected chi connectivity index (χ1v) is 3.60. The molecule has 0 aliphatic carbocycles. The van der Waals surface area contributed by atoms with Gasteiger partial charge in [0.2, 0.25) is 0 Å². The molecule has 0 saturated heterocycles. The summed E-state index contributed by atoms with van der Waals surface area (Å²) in [6, 6.07) is 0.